The van der Waals surface area contributed by atoms with E-state index in [1.807, 2.05) is 31.2 Å². The average Bonchev–Trinajstić information content (AvgIpc) is 2.56. The summed E-state index contributed by atoms with van der Waals surface area (Å²) in [4.78, 5) is 24.4. The van der Waals surface area contributed by atoms with Crippen LogP contribution in [0.15, 0.2) is 42.5 Å². The molecule has 0 fully saturated rings. The van der Waals surface area contributed by atoms with Crippen molar-refractivity contribution < 1.29 is 14.3 Å². The van der Waals surface area contributed by atoms with E-state index in [2.05, 4.69) is 24.5 Å². The van der Waals surface area contributed by atoms with Crippen LogP contribution in [0.4, 0.5) is 11.4 Å². The molecule has 0 aliphatic rings. The summed E-state index contributed by atoms with van der Waals surface area (Å²) >= 11 is 0. The molecule has 5 nitrogen and oxygen atoms in total. The number of carbonyl (C=O) groups is 2. The molecule has 0 heterocycles. The molecule has 0 aliphatic heterocycles. The number of amides is 2. The van der Waals surface area contributed by atoms with E-state index < -0.39 is 0 Å². The van der Waals surface area contributed by atoms with Gasteiger partial charge in [-0.1, -0.05) is 44.2 Å². The van der Waals surface area contributed by atoms with Crippen molar-refractivity contribution in [3.05, 3.63) is 53.6 Å². The summed E-state index contributed by atoms with van der Waals surface area (Å²) in [5, 5.41) is 5.58. The van der Waals surface area contributed by atoms with Crippen LogP contribution in [0.1, 0.15) is 37.3 Å². The molecule has 0 saturated carbocycles. The van der Waals surface area contributed by atoms with E-state index in [1.54, 1.807) is 18.2 Å². The van der Waals surface area contributed by atoms with E-state index in [0.717, 1.165) is 16.8 Å². The smallest absolute Gasteiger partial charge is 0.233 e. The Balaban J connectivity index is 2.05. The Morgan fingerprint density at radius 2 is 1.68 bits per heavy atom. The molecule has 0 unspecified atom stereocenters. The summed E-state index contributed by atoms with van der Waals surface area (Å²) in [7, 11) is 1.53. The maximum absolute atomic E-state index is 12.3. The maximum atomic E-state index is 12.3. The number of hydrogen-bond donors (Lipinski definition) is 2. The molecule has 25 heavy (non-hydrogen) atoms. The number of aryl methyl sites for hydroxylation is 1. The molecule has 0 aromatic heterocycles. The van der Waals surface area contributed by atoms with Crippen molar-refractivity contribution in [2.75, 3.05) is 17.7 Å². The lowest BCUT2D eigenvalue weighted by Gasteiger charge is -2.16. The molecule has 2 N–H and O–H groups in total. The van der Waals surface area contributed by atoms with Gasteiger partial charge in [0.05, 0.1) is 12.8 Å². The summed E-state index contributed by atoms with van der Waals surface area (Å²) < 4.78 is 5.19. The van der Waals surface area contributed by atoms with Crippen LogP contribution in [0.5, 0.6) is 5.75 Å². The van der Waals surface area contributed by atoms with E-state index >= 15 is 0 Å². The number of para-hydroxylation sites is 3. The summed E-state index contributed by atoms with van der Waals surface area (Å²) in [6, 6.07) is 13.0. The fourth-order valence-electron chi connectivity index (χ4n) is 2.61. The lowest BCUT2D eigenvalue weighted by atomic mass is 9.98. The molecule has 0 atom stereocenters. The number of anilines is 2. The summed E-state index contributed by atoms with van der Waals surface area (Å²) in [6.45, 7) is 6.08. The number of nitrogens with one attached hydrogen (secondary N) is 2. The molecule has 0 radical (unpaired) electrons. The Bertz CT molecular complexity index is 769. The number of ether oxygens (including phenoxy) is 1. The highest BCUT2D eigenvalue weighted by Gasteiger charge is 2.15. The van der Waals surface area contributed by atoms with Crippen LogP contribution >= 0.6 is 0 Å². The molecule has 2 aromatic rings. The molecular formula is C20H24N2O3. The predicted molar refractivity (Wildman–Crippen MR) is 100 cm³/mol. The SMILES string of the molecule is COc1ccccc1NC(=O)CC(=O)Nc1c(C)cccc1C(C)C. The monoisotopic (exact) mass is 340 g/mol. The van der Waals surface area contributed by atoms with Gasteiger partial charge in [-0.05, 0) is 36.1 Å². The molecule has 0 bridgehead atoms. The van der Waals surface area contributed by atoms with Crippen molar-refractivity contribution in [1.82, 2.24) is 0 Å². The lowest BCUT2D eigenvalue weighted by molar-refractivity contribution is -0.123. The van der Waals surface area contributed by atoms with E-state index in [0.29, 0.717) is 11.4 Å². The van der Waals surface area contributed by atoms with Gasteiger partial charge in [-0.15, -0.1) is 0 Å². The zero-order valence-corrected chi connectivity index (χ0v) is 15.1. The minimum atomic E-state index is -0.387. The average molecular weight is 340 g/mol. The summed E-state index contributed by atoms with van der Waals surface area (Å²) in [6.07, 6.45) is -0.260. The van der Waals surface area contributed by atoms with Crippen molar-refractivity contribution in [3.8, 4) is 5.75 Å². The fourth-order valence-corrected chi connectivity index (χ4v) is 2.61. The van der Waals surface area contributed by atoms with Gasteiger partial charge < -0.3 is 15.4 Å². The molecule has 0 aliphatic carbocycles. The Kier molecular flexibility index (Phi) is 6.17. The first-order valence-electron chi connectivity index (χ1n) is 8.24. The normalized spacial score (nSPS) is 10.4. The fraction of sp³-hybridized carbons (Fsp3) is 0.300. The van der Waals surface area contributed by atoms with Crippen LogP contribution < -0.4 is 15.4 Å². The highest BCUT2D eigenvalue weighted by molar-refractivity contribution is 6.08. The van der Waals surface area contributed by atoms with Gasteiger partial charge in [0.25, 0.3) is 0 Å². The van der Waals surface area contributed by atoms with E-state index in [-0.39, 0.29) is 24.2 Å². The quantitative estimate of drug-likeness (QED) is 0.778. The second kappa shape index (κ2) is 8.33. The van der Waals surface area contributed by atoms with E-state index in [9.17, 15) is 9.59 Å². The highest BCUT2D eigenvalue weighted by Crippen LogP contribution is 2.27. The van der Waals surface area contributed by atoms with Crippen molar-refractivity contribution in [1.29, 1.82) is 0 Å². The van der Waals surface area contributed by atoms with Crippen LogP contribution in [-0.2, 0) is 9.59 Å². The van der Waals surface area contributed by atoms with Crippen LogP contribution in [-0.4, -0.2) is 18.9 Å². The molecule has 2 amide bonds. The number of benzene rings is 2. The summed E-state index contributed by atoms with van der Waals surface area (Å²) in [5.41, 5.74) is 3.36. The third kappa shape index (κ3) is 4.83. The molecule has 5 heteroatoms. The molecule has 2 aromatic carbocycles. The Labute approximate surface area is 148 Å². The Hall–Kier alpha value is -2.82. The Morgan fingerprint density at radius 1 is 1.00 bits per heavy atom. The van der Waals surface area contributed by atoms with Crippen LogP contribution in [0.2, 0.25) is 0 Å². The van der Waals surface area contributed by atoms with Crippen molar-refractivity contribution in [2.45, 2.75) is 33.1 Å². The molecular weight excluding hydrogens is 316 g/mol. The molecule has 2 rings (SSSR count). The zero-order valence-electron chi connectivity index (χ0n) is 15.1. The Morgan fingerprint density at radius 3 is 2.36 bits per heavy atom. The third-order valence-electron chi connectivity index (χ3n) is 3.89. The largest absolute Gasteiger partial charge is 0.495 e. The van der Waals surface area contributed by atoms with Crippen molar-refractivity contribution >= 4 is 23.2 Å². The van der Waals surface area contributed by atoms with Gasteiger partial charge in [0, 0.05) is 5.69 Å². The molecule has 0 saturated heterocycles. The van der Waals surface area contributed by atoms with Crippen molar-refractivity contribution in [2.24, 2.45) is 0 Å². The van der Waals surface area contributed by atoms with Gasteiger partial charge in [0.15, 0.2) is 0 Å². The zero-order chi connectivity index (χ0) is 18.4. The maximum Gasteiger partial charge on any atom is 0.233 e. The van der Waals surface area contributed by atoms with Gasteiger partial charge in [-0.3, -0.25) is 9.59 Å². The lowest BCUT2D eigenvalue weighted by Crippen LogP contribution is -2.22. The number of hydrogen-bond acceptors (Lipinski definition) is 3. The third-order valence-corrected chi connectivity index (χ3v) is 3.89. The van der Waals surface area contributed by atoms with Crippen molar-refractivity contribution in [3.63, 3.8) is 0 Å². The first-order valence-corrected chi connectivity index (χ1v) is 8.24. The van der Waals surface area contributed by atoms with Crippen LogP contribution in [0, 0.1) is 6.92 Å². The van der Waals surface area contributed by atoms with Gasteiger partial charge >= 0.3 is 0 Å². The van der Waals surface area contributed by atoms with Gasteiger partial charge in [-0.2, -0.15) is 0 Å². The second-order valence-corrected chi connectivity index (χ2v) is 6.17. The molecule has 0 spiro atoms. The number of carbonyl (C=O) groups excluding carboxylic acids is 2. The summed E-state index contributed by atoms with van der Waals surface area (Å²) in [5.74, 6) is 0.0974. The highest BCUT2D eigenvalue weighted by atomic mass is 16.5. The van der Waals surface area contributed by atoms with Gasteiger partial charge in [0.2, 0.25) is 11.8 Å². The first-order chi connectivity index (χ1) is 11.9. The van der Waals surface area contributed by atoms with E-state index in [4.69, 9.17) is 4.74 Å². The number of rotatable bonds is 6. The minimum Gasteiger partial charge on any atom is -0.495 e. The predicted octanol–water partition coefficient (Wildman–Crippen LogP) is 4.09. The standard InChI is InChI=1S/C20H24N2O3/c1-13(2)15-9-7-8-14(3)20(15)22-19(24)12-18(23)21-16-10-5-6-11-17(16)25-4/h5-11,13H,12H2,1-4H3,(H,21,23)(H,22,24). The van der Waals surface area contributed by atoms with Gasteiger partial charge in [0.1, 0.15) is 12.2 Å². The van der Waals surface area contributed by atoms with Gasteiger partial charge in [-0.25, -0.2) is 0 Å². The van der Waals surface area contributed by atoms with Crippen LogP contribution in [0.25, 0.3) is 0 Å². The molecule has 132 valence electrons. The van der Waals surface area contributed by atoms with Crippen LogP contribution in [0.3, 0.4) is 0 Å². The topological polar surface area (TPSA) is 67.4 Å². The number of methoxy groups -OCH3 is 1. The van der Waals surface area contributed by atoms with E-state index in [1.165, 1.54) is 7.11 Å². The minimum absolute atomic E-state index is 0.260. The second-order valence-electron chi connectivity index (χ2n) is 6.17. The first kappa shape index (κ1) is 18.5.